The molecule has 2 amide bonds. The van der Waals surface area contributed by atoms with Crippen molar-refractivity contribution < 1.29 is 14.3 Å². The van der Waals surface area contributed by atoms with Crippen LogP contribution in [0.25, 0.3) is 21.1 Å². The minimum atomic E-state index is 0.00548. The van der Waals surface area contributed by atoms with Gasteiger partial charge in [0.1, 0.15) is 29.3 Å². The Labute approximate surface area is 218 Å². The number of carbonyl (C=O) groups excluding carboxylic acids is 2. The Morgan fingerprint density at radius 1 is 1.30 bits per heavy atom. The van der Waals surface area contributed by atoms with Gasteiger partial charge in [0.15, 0.2) is 0 Å². The van der Waals surface area contributed by atoms with Crippen LogP contribution in [-0.2, 0) is 22.4 Å². The summed E-state index contributed by atoms with van der Waals surface area (Å²) in [5.41, 5.74) is 2.87. The first-order chi connectivity index (χ1) is 18.0. The van der Waals surface area contributed by atoms with Gasteiger partial charge in [0, 0.05) is 49.3 Å². The monoisotopic (exact) mass is 519 g/mol. The number of nitrogens with one attached hydrogen (secondary N) is 2. The molecule has 2 aliphatic rings. The minimum absolute atomic E-state index is 0.00548. The maximum Gasteiger partial charge on any atom is 0.225 e. The smallest absolute Gasteiger partial charge is 0.225 e. The zero-order valence-electron chi connectivity index (χ0n) is 20.9. The first kappa shape index (κ1) is 23.7. The second kappa shape index (κ2) is 9.62. The number of anilines is 2. The molecule has 0 radical (unpaired) electrons. The molecule has 10 nitrogen and oxygen atoms in total. The second-order valence-corrected chi connectivity index (χ2v) is 10.9. The number of fused-ring (bicyclic) bond motifs is 4. The van der Waals surface area contributed by atoms with Crippen molar-refractivity contribution in [2.45, 2.75) is 32.1 Å². The number of rotatable bonds is 7. The number of hydrogen-bond acceptors (Lipinski definition) is 8. The first-order valence-corrected chi connectivity index (χ1v) is 13.4. The Hall–Kier alpha value is -3.73. The summed E-state index contributed by atoms with van der Waals surface area (Å²) in [6.45, 7) is 1.74. The number of nitrogens with zero attached hydrogens (tertiary/aromatic N) is 5. The summed E-state index contributed by atoms with van der Waals surface area (Å²) in [4.78, 5) is 39.4. The SMILES string of the molecule is CN(C)C(=O)C1CCc2c(sc3ncnc(Nc4cc5cn[nH]c5cc4OCCN4CCCC4=O)c23)C1. The van der Waals surface area contributed by atoms with E-state index >= 15 is 0 Å². The molecule has 1 aromatic carbocycles. The summed E-state index contributed by atoms with van der Waals surface area (Å²) in [6.07, 6.45) is 7.24. The van der Waals surface area contributed by atoms with Crippen LogP contribution in [0.3, 0.4) is 0 Å². The van der Waals surface area contributed by atoms with E-state index in [1.807, 2.05) is 31.1 Å². The fraction of sp³-hybridized carbons (Fsp3) is 0.423. The predicted molar refractivity (Wildman–Crippen MR) is 142 cm³/mol. The molecule has 1 atom stereocenters. The molecule has 0 saturated carbocycles. The Bertz CT molecular complexity index is 1490. The van der Waals surface area contributed by atoms with Crippen LogP contribution in [0.1, 0.15) is 29.7 Å². The molecular weight excluding hydrogens is 490 g/mol. The van der Waals surface area contributed by atoms with E-state index in [4.69, 9.17) is 4.74 Å². The van der Waals surface area contributed by atoms with Crippen LogP contribution in [-0.4, -0.2) is 75.6 Å². The van der Waals surface area contributed by atoms with Gasteiger partial charge in [0.2, 0.25) is 11.8 Å². The van der Waals surface area contributed by atoms with Crippen LogP contribution in [0.15, 0.2) is 24.7 Å². The summed E-state index contributed by atoms with van der Waals surface area (Å²) >= 11 is 1.65. The zero-order valence-corrected chi connectivity index (χ0v) is 21.7. The van der Waals surface area contributed by atoms with Gasteiger partial charge in [-0.1, -0.05) is 0 Å². The Morgan fingerprint density at radius 2 is 2.19 bits per heavy atom. The van der Waals surface area contributed by atoms with E-state index in [1.54, 1.807) is 28.8 Å². The highest BCUT2D eigenvalue weighted by Crippen LogP contribution is 2.42. The topological polar surface area (TPSA) is 116 Å². The lowest BCUT2D eigenvalue weighted by Crippen LogP contribution is -2.32. The molecular formula is C26H29N7O3S. The number of amides is 2. The molecule has 0 spiro atoms. The fourth-order valence-corrected chi connectivity index (χ4v) is 6.57. The molecule has 3 aromatic heterocycles. The predicted octanol–water partition coefficient (Wildman–Crippen LogP) is 3.51. The summed E-state index contributed by atoms with van der Waals surface area (Å²) in [6, 6.07) is 3.92. The number of ether oxygens (including phenoxy) is 1. The van der Waals surface area contributed by atoms with E-state index in [9.17, 15) is 9.59 Å². The lowest BCUT2D eigenvalue weighted by molar-refractivity contribution is -0.133. The number of likely N-dealkylation sites (tertiary alicyclic amines) is 1. The van der Waals surface area contributed by atoms with Crippen LogP contribution in [0, 0.1) is 5.92 Å². The quantitative estimate of drug-likeness (QED) is 0.384. The van der Waals surface area contributed by atoms with Gasteiger partial charge < -0.3 is 19.9 Å². The van der Waals surface area contributed by atoms with E-state index in [1.165, 1.54) is 10.4 Å². The molecule has 11 heteroatoms. The van der Waals surface area contributed by atoms with Crippen LogP contribution in [0.2, 0.25) is 0 Å². The number of hydrogen-bond donors (Lipinski definition) is 2. The lowest BCUT2D eigenvalue weighted by atomic mass is 9.87. The van der Waals surface area contributed by atoms with E-state index in [-0.39, 0.29) is 17.7 Å². The van der Waals surface area contributed by atoms with Gasteiger partial charge in [-0.15, -0.1) is 11.3 Å². The molecule has 4 aromatic rings. The van der Waals surface area contributed by atoms with Gasteiger partial charge in [-0.25, -0.2) is 9.97 Å². The molecule has 2 N–H and O–H groups in total. The van der Waals surface area contributed by atoms with Crippen molar-refractivity contribution in [2.75, 3.05) is 39.1 Å². The van der Waals surface area contributed by atoms with Gasteiger partial charge >= 0.3 is 0 Å². The summed E-state index contributed by atoms with van der Waals surface area (Å²) in [7, 11) is 3.63. The van der Waals surface area contributed by atoms with Crippen LogP contribution >= 0.6 is 11.3 Å². The van der Waals surface area contributed by atoms with Crippen molar-refractivity contribution in [3.63, 3.8) is 0 Å². The van der Waals surface area contributed by atoms with Crippen LogP contribution < -0.4 is 10.1 Å². The van der Waals surface area contributed by atoms with E-state index in [0.29, 0.717) is 25.3 Å². The first-order valence-electron chi connectivity index (χ1n) is 12.6. The van der Waals surface area contributed by atoms with Gasteiger partial charge in [-0.3, -0.25) is 14.7 Å². The van der Waals surface area contributed by atoms with Crippen molar-refractivity contribution >= 4 is 55.8 Å². The second-order valence-electron chi connectivity index (χ2n) is 9.84. The highest BCUT2D eigenvalue weighted by molar-refractivity contribution is 7.19. The van der Waals surface area contributed by atoms with Gasteiger partial charge in [0.05, 0.1) is 29.3 Å². The third-order valence-electron chi connectivity index (χ3n) is 7.22. The van der Waals surface area contributed by atoms with Crippen molar-refractivity contribution in [1.82, 2.24) is 30.0 Å². The molecule has 1 saturated heterocycles. The van der Waals surface area contributed by atoms with Gasteiger partial charge in [-0.2, -0.15) is 5.10 Å². The van der Waals surface area contributed by atoms with Crippen molar-refractivity contribution in [2.24, 2.45) is 5.92 Å². The Morgan fingerprint density at radius 3 is 3.00 bits per heavy atom. The molecule has 1 fully saturated rings. The molecule has 1 aliphatic carbocycles. The molecule has 192 valence electrons. The average molecular weight is 520 g/mol. The molecule has 1 unspecified atom stereocenters. The largest absolute Gasteiger partial charge is 0.489 e. The molecule has 6 rings (SSSR count). The third kappa shape index (κ3) is 4.48. The highest BCUT2D eigenvalue weighted by Gasteiger charge is 2.30. The molecule has 37 heavy (non-hydrogen) atoms. The maximum atomic E-state index is 12.6. The van der Waals surface area contributed by atoms with E-state index in [0.717, 1.165) is 64.9 Å². The van der Waals surface area contributed by atoms with Crippen LogP contribution in [0.5, 0.6) is 5.75 Å². The summed E-state index contributed by atoms with van der Waals surface area (Å²) in [5, 5.41) is 12.6. The number of aryl methyl sites for hydroxylation is 1. The Balaban J connectivity index is 1.30. The van der Waals surface area contributed by atoms with E-state index in [2.05, 4.69) is 25.5 Å². The van der Waals surface area contributed by atoms with Gasteiger partial charge in [-0.05, 0) is 37.3 Å². The van der Waals surface area contributed by atoms with Gasteiger partial charge in [0.25, 0.3) is 0 Å². The summed E-state index contributed by atoms with van der Waals surface area (Å²) in [5.74, 6) is 1.76. The number of aromatic nitrogens is 4. The zero-order chi connectivity index (χ0) is 25.5. The van der Waals surface area contributed by atoms with E-state index < -0.39 is 0 Å². The highest BCUT2D eigenvalue weighted by atomic mass is 32.1. The fourth-order valence-electron chi connectivity index (χ4n) is 5.30. The number of H-pyrrole nitrogens is 1. The maximum absolute atomic E-state index is 12.6. The number of thiophene rings is 1. The standard InChI is InChI=1S/C26H29N7O3S/c1-32(2)26(35)15-5-6-17-21(11-15)37-25-23(17)24(27-14-28-25)30-19-10-16-13-29-31-18(16)12-20(19)36-9-8-33-7-3-4-22(33)34/h10,12-15H,3-9,11H2,1-2H3,(H,29,31)(H,27,28,30). The number of benzene rings is 1. The molecule has 0 bridgehead atoms. The van der Waals surface area contributed by atoms with Crippen molar-refractivity contribution in [1.29, 1.82) is 0 Å². The number of carbonyl (C=O) groups is 2. The van der Waals surface area contributed by atoms with Crippen molar-refractivity contribution in [3.05, 3.63) is 35.1 Å². The normalized spacial score (nSPS) is 17.4. The van der Waals surface area contributed by atoms with Crippen LogP contribution in [0.4, 0.5) is 11.5 Å². The number of aromatic amines is 1. The summed E-state index contributed by atoms with van der Waals surface area (Å²) < 4.78 is 6.18. The molecule has 1 aliphatic heterocycles. The molecule has 4 heterocycles. The average Bonchev–Trinajstić information content (AvgIpc) is 3.61. The third-order valence-corrected chi connectivity index (χ3v) is 8.38. The van der Waals surface area contributed by atoms with Crippen molar-refractivity contribution in [3.8, 4) is 5.75 Å². The minimum Gasteiger partial charge on any atom is -0.489 e. The Kier molecular flexibility index (Phi) is 6.15. The lowest BCUT2D eigenvalue weighted by Gasteiger charge is -2.24.